The molecule has 0 fully saturated rings. The summed E-state index contributed by atoms with van der Waals surface area (Å²) in [5.74, 6) is -0.312. The second kappa shape index (κ2) is 8.18. The second-order valence-corrected chi connectivity index (χ2v) is 6.25. The van der Waals surface area contributed by atoms with E-state index in [-0.39, 0.29) is 18.2 Å². The zero-order valence-corrected chi connectivity index (χ0v) is 15.0. The van der Waals surface area contributed by atoms with Crippen LogP contribution in [0.1, 0.15) is 18.9 Å². The molecule has 1 N–H and O–H groups in total. The van der Waals surface area contributed by atoms with Crippen LogP contribution in [0.25, 0.3) is 0 Å². The molecule has 0 heterocycles. The summed E-state index contributed by atoms with van der Waals surface area (Å²) in [5.41, 5.74) is 2.45. The number of amides is 2. The van der Waals surface area contributed by atoms with Gasteiger partial charge in [0.05, 0.1) is 10.0 Å². The smallest absolute Gasteiger partial charge is 0.226 e. The average molecular weight is 365 g/mol. The zero-order chi connectivity index (χ0) is 17.7. The van der Waals surface area contributed by atoms with Crippen LogP contribution < -0.4 is 10.2 Å². The van der Waals surface area contributed by atoms with Crippen LogP contribution >= 0.6 is 23.2 Å². The lowest BCUT2D eigenvalue weighted by atomic mass is 10.2. The minimum Gasteiger partial charge on any atom is -0.326 e. The largest absolute Gasteiger partial charge is 0.326 e. The van der Waals surface area contributed by atoms with E-state index in [0.717, 1.165) is 11.3 Å². The standard InChI is InChI=1S/C18H18Cl2N2O2/c1-12-3-6-15(7-4-12)22(13(2)23)10-9-18(24)21-14-5-8-16(19)17(20)11-14/h3-8,11H,9-10H2,1-2H3,(H,21,24). The van der Waals surface area contributed by atoms with E-state index in [0.29, 0.717) is 22.3 Å². The van der Waals surface area contributed by atoms with E-state index < -0.39 is 0 Å². The lowest BCUT2D eigenvalue weighted by Gasteiger charge is -2.21. The van der Waals surface area contributed by atoms with Gasteiger partial charge in [-0.1, -0.05) is 40.9 Å². The number of carbonyl (C=O) groups is 2. The first-order valence-electron chi connectivity index (χ1n) is 7.46. The summed E-state index contributed by atoms with van der Waals surface area (Å²) in [7, 11) is 0. The summed E-state index contributed by atoms with van der Waals surface area (Å²) in [5, 5.41) is 3.55. The Labute approximate surface area is 151 Å². The van der Waals surface area contributed by atoms with Gasteiger partial charge in [-0.15, -0.1) is 0 Å². The van der Waals surface area contributed by atoms with Gasteiger partial charge in [0.15, 0.2) is 0 Å². The van der Waals surface area contributed by atoms with Crippen molar-refractivity contribution in [2.45, 2.75) is 20.3 Å². The minimum atomic E-state index is -0.202. The molecule has 0 aliphatic carbocycles. The highest BCUT2D eigenvalue weighted by molar-refractivity contribution is 6.42. The van der Waals surface area contributed by atoms with Crippen molar-refractivity contribution in [3.05, 3.63) is 58.1 Å². The van der Waals surface area contributed by atoms with E-state index in [2.05, 4.69) is 5.32 Å². The maximum absolute atomic E-state index is 12.1. The Morgan fingerprint density at radius 2 is 1.71 bits per heavy atom. The van der Waals surface area contributed by atoms with Gasteiger partial charge in [0.2, 0.25) is 11.8 Å². The minimum absolute atomic E-state index is 0.110. The van der Waals surface area contributed by atoms with E-state index in [1.165, 1.54) is 6.92 Å². The molecule has 24 heavy (non-hydrogen) atoms. The maximum Gasteiger partial charge on any atom is 0.226 e. The quantitative estimate of drug-likeness (QED) is 0.836. The van der Waals surface area contributed by atoms with Crippen LogP contribution in [-0.4, -0.2) is 18.4 Å². The van der Waals surface area contributed by atoms with Crippen molar-refractivity contribution in [3.8, 4) is 0 Å². The Morgan fingerprint density at radius 1 is 1.04 bits per heavy atom. The van der Waals surface area contributed by atoms with Crippen molar-refractivity contribution in [3.63, 3.8) is 0 Å². The van der Waals surface area contributed by atoms with Crippen LogP contribution in [0.3, 0.4) is 0 Å². The van der Waals surface area contributed by atoms with Gasteiger partial charge in [-0.2, -0.15) is 0 Å². The monoisotopic (exact) mass is 364 g/mol. The number of aryl methyl sites for hydroxylation is 1. The predicted molar refractivity (Wildman–Crippen MR) is 98.9 cm³/mol. The fourth-order valence-corrected chi connectivity index (χ4v) is 2.50. The van der Waals surface area contributed by atoms with Gasteiger partial charge in [0.25, 0.3) is 0 Å². The molecule has 0 radical (unpaired) electrons. The van der Waals surface area contributed by atoms with E-state index in [1.807, 2.05) is 31.2 Å². The number of benzene rings is 2. The normalized spacial score (nSPS) is 10.3. The third-order valence-electron chi connectivity index (χ3n) is 3.49. The summed E-state index contributed by atoms with van der Waals surface area (Å²) >= 11 is 11.8. The van der Waals surface area contributed by atoms with Gasteiger partial charge >= 0.3 is 0 Å². The summed E-state index contributed by atoms with van der Waals surface area (Å²) in [6.45, 7) is 3.76. The van der Waals surface area contributed by atoms with Crippen molar-refractivity contribution >= 4 is 46.4 Å². The maximum atomic E-state index is 12.1. The summed E-state index contributed by atoms with van der Waals surface area (Å²) in [6, 6.07) is 12.5. The van der Waals surface area contributed by atoms with Crippen LogP contribution in [0.4, 0.5) is 11.4 Å². The van der Waals surface area contributed by atoms with Gasteiger partial charge in [-0.25, -0.2) is 0 Å². The van der Waals surface area contributed by atoms with Crippen molar-refractivity contribution in [1.29, 1.82) is 0 Å². The highest BCUT2D eigenvalue weighted by atomic mass is 35.5. The van der Waals surface area contributed by atoms with Crippen molar-refractivity contribution in [1.82, 2.24) is 0 Å². The molecule has 0 aromatic heterocycles. The molecule has 0 bridgehead atoms. The molecule has 0 aliphatic heterocycles. The molecule has 0 atom stereocenters. The molecule has 2 aromatic rings. The first-order chi connectivity index (χ1) is 11.4. The fourth-order valence-electron chi connectivity index (χ4n) is 2.20. The Bertz CT molecular complexity index is 745. The molecule has 6 heteroatoms. The zero-order valence-electron chi connectivity index (χ0n) is 13.5. The Kier molecular flexibility index (Phi) is 6.23. The van der Waals surface area contributed by atoms with Crippen molar-refractivity contribution < 1.29 is 9.59 Å². The molecule has 126 valence electrons. The molecule has 4 nitrogen and oxygen atoms in total. The van der Waals surface area contributed by atoms with Gasteiger partial charge in [-0.3, -0.25) is 9.59 Å². The predicted octanol–water partition coefficient (Wildman–Crippen LogP) is 4.68. The van der Waals surface area contributed by atoms with Gasteiger partial charge in [0.1, 0.15) is 0 Å². The van der Waals surface area contributed by atoms with Crippen LogP contribution in [0, 0.1) is 6.92 Å². The Hall–Kier alpha value is -2.04. The molecule has 0 unspecified atom stereocenters. The van der Waals surface area contributed by atoms with Crippen LogP contribution in [0.5, 0.6) is 0 Å². The number of nitrogens with one attached hydrogen (secondary N) is 1. The molecule has 2 aromatic carbocycles. The highest BCUT2D eigenvalue weighted by Gasteiger charge is 2.13. The number of rotatable bonds is 5. The number of anilines is 2. The van der Waals surface area contributed by atoms with E-state index in [9.17, 15) is 9.59 Å². The molecular formula is C18H18Cl2N2O2. The number of hydrogen-bond donors (Lipinski definition) is 1. The first kappa shape index (κ1) is 18.3. The number of halogens is 2. The summed E-state index contributed by atoms with van der Waals surface area (Å²) in [4.78, 5) is 25.5. The van der Waals surface area contributed by atoms with Gasteiger partial charge in [0, 0.05) is 31.3 Å². The molecule has 0 saturated carbocycles. The SMILES string of the molecule is CC(=O)N(CCC(=O)Nc1ccc(Cl)c(Cl)c1)c1ccc(C)cc1. The number of nitrogens with zero attached hydrogens (tertiary/aromatic N) is 1. The first-order valence-corrected chi connectivity index (χ1v) is 8.22. The molecule has 0 saturated heterocycles. The van der Waals surface area contributed by atoms with Crippen molar-refractivity contribution in [2.24, 2.45) is 0 Å². The second-order valence-electron chi connectivity index (χ2n) is 5.43. The number of carbonyl (C=O) groups excluding carboxylic acids is 2. The lowest BCUT2D eigenvalue weighted by molar-refractivity contribution is -0.117. The van der Waals surface area contributed by atoms with Crippen LogP contribution in [0.2, 0.25) is 10.0 Å². The van der Waals surface area contributed by atoms with Crippen LogP contribution in [-0.2, 0) is 9.59 Å². The Morgan fingerprint density at radius 3 is 2.29 bits per heavy atom. The van der Waals surface area contributed by atoms with Crippen molar-refractivity contribution in [2.75, 3.05) is 16.8 Å². The fraction of sp³-hybridized carbons (Fsp3) is 0.222. The van der Waals surface area contributed by atoms with Crippen LogP contribution in [0.15, 0.2) is 42.5 Å². The third-order valence-corrected chi connectivity index (χ3v) is 4.23. The molecule has 2 amide bonds. The summed E-state index contributed by atoms with van der Waals surface area (Å²) in [6.07, 6.45) is 0.174. The molecule has 2 rings (SSSR count). The molecule has 0 spiro atoms. The Balaban J connectivity index is 1.98. The van der Waals surface area contributed by atoms with E-state index in [1.54, 1.807) is 23.1 Å². The number of hydrogen-bond acceptors (Lipinski definition) is 2. The highest BCUT2D eigenvalue weighted by Crippen LogP contribution is 2.25. The van der Waals surface area contributed by atoms with E-state index >= 15 is 0 Å². The molecular weight excluding hydrogens is 347 g/mol. The molecule has 0 aliphatic rings. The topological polar surface area (TPSA) is 49.4 Å². The van der Waals surface area contributed by atoms with Gasteiger partial charge in [-0.05, 0) is 37.3 Å². The van der Waals surface area contributed by atoms with E-state index in [4.69, 9.17) is 23.2 Å². The summed E-state index contributed by atoms with van der Waals surface area (Å²) < 4.78 is 0. The average Bonchev–Trinajstić information content (AvgIpc) is 2.52. The van der Waals surface area contributed by atoms with Gasteiger partial charge < -0.3 is 10.2 Å². The lowest BCUT2D eigenvalue weighted by Crippen LogP contribution is -2.31. The third kappa shape index (κ3) is 4.98.